The first-order chi connectivity index (χ1) is 28.7. The summed E-state index contributed by atoms with van der Waals surface area (Å²) in [5.41, 5.74) is 14.8. The average molecular weight is 743 g/mol. The van der Waals surface area contributed by atoms with Gasteiger partial charge in [-0.15, -0.1) is 0 Å². The van der Waals surface area contributed by atoms with E-state index >= 15 is 0 Å². The zero-order valence-corrected chi connectivity index (χ0v) is 31.3. The molecular weight excluding hydrogens is 709 g/mol. The Hall–Kier alpha value is -7.89. The molecule has 0 radical (unpaired) electrons. The van der Waals surface area contributed by atoms with Crippen molar-refractivity contribution in [1.29, 1.82) is 0 Å². The standard InChI is InChI=1S/C53H34N4O/c1-4-14-35(15-5-1)37-26-28-38(29-27-37)46-34-47(40-19-12-18-39(32-40)36-16-6-2-7-17-36)55-52(54-46)43-22-13-25-50-51(43)44-33-41(30-31-49(44)58-50)53-56-45-23-10-11-24-48(45)57(53)42-20-8-3-9-21-42/h1-34H. The maximum Gasteiger partial charge on any atom is 0.161 e. The lowest BCUT2D eigenvalue weighted by atomic mass is 9.99. The molecule has 0 amide bonds. The number of nitrogens with zero attached hydrogens (tertiary/aromatic N) is 4. The van der Waals surface area contributed by atoms with Crippen LogP contribution in [0.2, 0.25) is 0 Å². The molecule has 0 aliphatic carbocycles. The van der Waals surface area contributed by atoms with Crippen LogP contribution >= 0.6 is 0 Å². The summed E-state index contributed by atoms with van der Waals surface area (Å²) < 4.78 is 8.77. The topological polar surface area (TPSA) is 56.7 Å². The number of hydrogen-bond donors (Lipinski definition) is 0. The highest BCUT2D eigenvalue weighted by Crippen LogP contribution is 2.40. The highest BCUT2D eigenvalue weighted by molar-refractivity contribution is 6.13. The van der Waals surface area contributed by atoms with Crippen molar-refractivity contribution >= 4 is 33.0 Å². The minimum atomic E-state index is 0.625. The van der Waals surface area contributed by atoms with Crippen LogP contribution in [0.15, 0.2) is 211 Å². The first-order valence-electron chi connectivity index (χ1n) is 19.4. The van der Waals surface area contributed by atoms with Crippen LogP contribution in [0.1, 0.15) is 0 Å². The van der Waals surface area contributed by atoms with Crippen LogP contribution < -0.4 is 0 Å². The molecular formula is C53H34N4O. The van der Waals surface area contributed by atoms with Gasteiger partial charge in [-0.1, -0.05) is 146 Å². The van der Waals surface area contributed by atoms with E-state index in [1.165, 1.54) is 5.56 Å². The van der Waals surface area contributed by atoms with Crippen molar-refractivity contribution in [2.24, 2.45) is 0 Å². The highest BCUT2D eigenvalue weighted by Gasteiger charge is 2.20. The molecule has 11 aromatic rings. The monoisotopic (exact) mass is 742 g/mol. The second-order valence-electron chi connectivity index (χ2n) is 14.4. The van der Waals surface area contributed by atoms with Gasteiger partial charge in [-0.2, -0.15) is 0 Å². The molecule has 0 aliphatic heterocycles. The lowest BCUT2D eigenvalue weighted by molar-refractivity contribution is 0.669. The van der Waals surface area contributed by atoms with Gasteiger partial charge in [-0.05, 0) is 82.9 Å². The molecule has 0 N–H and O–H groups in total. The Morgan fingerprint density at radius 2 is 0.966 bits per heavy atom. The molecule has 272 valence electrons. The molecule has 5 nitrogen and oxygen atoms in total. The Bertz CT molecular complexity index is 3260. The molecule has 0 bridgehead atoms. The van der Waals surface area contributed by atoms with Crippen molar-refractivity contribution in [1.82, 2.24) is 19.5 Å². The van der Waals surface area contributed by atoms with E-state index in [1.54, 1.807) is 0 Å². The Kier molecular flexibility index (Phi) is 8.07. The molecule has 0 aliphatic rings. The fourth-order valence-corrected chi connectivity index (χ4v) is 8.03. The van der Waals surface area contributed by atoms with Crippen LogP contribution in [0.25, 0.3) is 106 Å². The summed E-state index contributed by atoms with van der Waals surface area (Å²) in [7, 11) is 0. The maximum absolute atomic E-state index is 6.55. The normalized spacial score (nSPS) is 11.4. The molecule has 0 atom stereocenters. The van der Waals surface area contributed by atoms with Crippen LogP contribution in [0.4, 0.5) is 0 Å². The zero-order chi connectivity index (χ0) is 38.4. The molecule has 3 aromatic heterocycles. The molecule has 0 saturated heterocycles. The van der Waals surface area contributed by atoms with Crippen molar-refractivity contribution < 1.29 is 4.42 Å². The predicted molar refractivity (Wildman–Crippen MR) is 237 cm³/mol. The summed E-state index contributed by atoms with van der Waals surface area (Å²) >= 11 is 0. The van der Waals surface area contributed by atoms with Crippen LogP contribution in [-0.4, -0.2) is 19.5 Å². The van der Waals surface area contributed by atoms with E-state index in [-0.39, 0.29) is 0 Å². The van der Waals surface area contributed by atoms with Gasteiger partial charge in [0, 0.05) is 38.7 Å². The molecule has 0 fully saturated rings. The summed E-state index contributed by atoms with van der Waals surface area (Å²) in [6.45, 7) is 0. The van der Waals surface area contributed by atoms with E-state index in [1.807, 2.05) is 36.4 Å². The number of fused-ring (bicyclic) bond motifs is 4. The van der Waals surface area contributed by atoms with Gasteiger partial charge in [-0.3, -0.25) is 4.57 Å². The second kappa shape index (κ2) is 14.0. The maximum atomic E-state index is 6.55. The summed E-state index contributed by atoms with van der Waals surface area (Å²) in [6, 6.07) is 71.4. The van der Waals surface area contributed by atoms with Gasteiger partial charge in [0.25, 0.3) is 0 Å². The van der Waals surface area contributed by atoms with Gasteiger partial charge in [0.15, 0.2) is 5.82 Å². The largest absolute Gasteiger partial charge is 0.456 e. The van der Waals surface area contributed by atoms with Crippen LogP contribution in [0.3, 0.4) is 0 Å². The smallest absolute Gasteiger partial charge is 0.161 e. The number of rotatable bonds is 7. The summed E-state index contributed by atoms with van der Waals surface area (Å²) in [6.07, 6.45) is 0. The minimum Gasteiger partial charge on any atom is -0.456 e. The van der Waals surface area contributed by atoms with Crippen LogP contribution in [0.5, 0.6) is 0 Å². The predicted octanol–water partition coefficient (Wildman–Crippen LogP) is 13.7. The molecule has 0 spiro atoms. The van der Waals surface area contributed by atoms with Crippen molar-refractivity contribution in [2.75, 3.05) is 0 Å². The van der Waals surface area contributed by atoms with Crippen molar-refractivity contribution in [2.45, 2.75) is 0 Å². The fourth-order valence-electron chi connectivity index (χ4n) is 8.03. The Morgan fingerprint density at radius 1 is 0.379 bits per heavy atom. The molecule has 3 heterocycles. The number of aromatic nitrogens is 4. The molecule has 0 unspecified atom stereocenters. The van der Waals surface area contributed by atoms with Crippen molar-refractivity contribution in [3.05, 3.63) is 206 Å². The van der Waals surface area contributed by atoms with E-state index in [4.69, 9.17) is 19.4 Å². The molecule has 5 heteroatoms. The van der Waals surface area contributed by atoms with Gasteiger partial charge >= 0.3 is 0 Å². The Labute approximate surface area is 335 Å². The van der Waals surface area contributed by atoms with Crippen LogP contribution in [-0.2, 0) is 0 Å². The van der Waals surface area contributed by atoms with Gasteiger partial charge in [0.2, 0.25) is 0 Å². The fraction of sp³-hybridized carbons (Fsp3) is 0. The third-order valence-corrected chi connectivity index (χ3v) is 10.8. The first kappa shape index (κ1) is 33.4. The van der Waals surface area contributed by atoms with E-state index in [0.717, 1.165) is 94.8 Å². The van der Waals surface area contributed by atoms with Crippen LogP contribution in [0, 0.1) is 0 Å². The number of imidazole rings is 1. The zero-order valence-electron chi connectivity index (χ0n) is 31.3. The molecule has 0 saturated carbocycles. The van der Waals surface area contributed by atoms with E-state index < -0.39 is 0 Å². The Balaban J connectivity index is 1.10. The van der Waals surface area contributed by atoms with Gasteiger partial charge in [0.1, 0.15) is 17.0 Å². The average Bonchev–Trinajstić information content (AvgIpc) is 3.89. The van der Waals surface area contributed by atoms with E-state index in [2.05, 4.69) is 174 Å². The molecule has 11 rings (SSSR count). The lowest BCUT2D eigenvalue weighted by Gasteiger charge is -2.12. The quantitative estimate of drug-likeness (QED) is 0.163. The van der Waals surface area contributed by atoms with Gasteiger partial charge in [0.05, 0.1) is 22.4 Å². The SMILES string of the molecule is c1ccc(-c2ccc(-c3cc(-c4cccc(-c5ccccc5)c4)nc(-c4cccc5oc6ccc(-c7nc8ccccc8n7-c7ccccc7)cc6c45)n3)cc2)cc1. The summed E-state index contributed by atoms with van der Waals surface area (Å²) in [5, 5.41) is 1.94. The van der Waals surface area contributed by atoms with Gasteiger partial charge < -0.3 is 4.42 Å². The third-order valence-electron chi connectivity index (χ3n) is 10.8. The van der Waals surface area contributed by atoms with E-state index in [9.17, 15) is 0 Å². The first-order valence-corrected chi connectivity index (χ1v) is 19.4. The van der Waals surface area contributed by atoms with Crippen molar-refractivity contribution in [3.8, 4) is 73.2 Å². The second-order valence-corrected chi connectivity index (χ2v) is 14.4. The lowest BCUT2D eigenvalue weighted by Crippen LogP contribution is -1.97. The summed E-state index contributed by atoms with van der Waals surface area (Å²) in [4.78, 5) is 15.8. The minimum absolute atomic E-state index is 0.625. The molecule has 58 heavy (non-hydrogen) atoms. The Morgan fingerprint density at radius 3 is 1.74 bits per heavy atom. The number of hydrogen-bond acceptors (Lipinski definition) is 4. The number of para-hydroxylation sites is 3. The van der Waals surface area contributed by atoms with Crippen molar-refractivity contribution in [3.63, 3.8) is 0 Å². The number of benzene rings is 8. The molecule has 8 aromatic carbocycles. The number of furan rings is 1. The summed E-state index contributed by atoms with van der Waals surface area (Å²) in [5.74, 6) is 1.49. The third kappa shape index (κ3) is 5.94. The highest BCUT2D eigenvalue weighted by atomic mass is 16.3. The van der Waals surface area contributed by atoms with Gasteiger partial charge in [-0.25, -0.2) is 15.0 Å². The van der Waals surface area contributed by atoms with E-state index in [0.29, 0.717) is 5.82 Å².